The van der Waals surface area contributed by atoms with Crippen LogP contribution in [-0.4, -0.2) is 25.3 Å². The molecule has 0 aliphatic heterocycles. The van der Waals surface area contributed by atoms with Crippen molar-refractivity contribution in [3.05, 3.63) is 22.7 Å². The number of nitrogens with zero attached hydrogens (tertiary/aromatic N) is 1. The zero-order valence-corrected chi connectivity index (χ0v) is 9.08. The van der Waals surface area contributed by atoms with E-state index in [1.54, 1.807) is 0 Å². The minimum absolute atomic E-state index is 0.127. The van der Waals surface area contributed by atoms with E-state index in [4.69, 9.17) is 10.8 Å². The Morgan fingerprint density at radius 2 is 2.23 bits per heavy atom. The minimum Gasteiger partial charge on any atom is -0.397 e. The van der Waals surface area contributed by atoms with Gasteiger partial charge in [0, 0.05) is 18.1 Å². The maximum Gasteiger partial charge on any atom is 0.0609 e. The third-order valence-corrected chi connectivity index (χ3v) is 2.33. The van der Waals surface area contributed by atoms with Gasteiger partial charge in [0.2, 0.25) is 0 Å². The van der Waals surface area contributed by atoms with Gasteiger partial charge in [-0.15, -0.1) is 0 Å². The number of hydrogen-bond donors (Lipinski definition) is 2. The molecule has 0 aliphatic carbocycles. The zero-order valence-electron chi connectivity index (χ0n) is 7.50. The van der Waals surface area contributed by atoms with E-state index in [1.165, 1.54) is 0 Å². The molecule has 1 rings (SSSR count). The Hall–Kier alpha value is -0.740. The molecule has 0 saturated heterocycles. The summed E-state index contributed by atoms with van der Waals surface area (Å²) in [7, 11) is 1.90. The fourth-order valence-electron chi connectivity index (χ4n) is 1.12. The number of likely N-dealkylation sites (N-methyl/N-ethyl adjacent to an activating group) is 1. The Morgan fingerprint density at radius 1 is 1.54 bits per heavy atom. The number of halogens is 1. The molecule has 0 bridgehead atoms. The molecule has 0 atom stereocenters. The van der Waals surface area contributed by atoms with E-state index in [2.05, 4.69) is 15.9 Å². The summed E-state index contributed by atoms with van der Waals surface area (Å²) >= 11 is 3.37. The molecule has 0 fully saturated rings. The molecule has 13 heavy (non-hydrogen) atoms. The van der Waals surface area contributed by atoms with Crippen LogP contribution in [0.2, 0.25) is 0 Å². The lowest BCUT2D eigenvalue weighted by Gasteiger charge is -2.19. The van der Waals surface area contributed by atoms with Crippen molar-refractivity contribution >= 4 is 27.3 Å². The number of nitrogen functional groups attached to an aromatic ring is 1. The predicted octanol–water partition coefficient (Wildman–Crippen LogP) is 1.46. The van der Waals surface area contributed by atoms with Crippen molar-refractivity contribution in [3.8, 4) is 0 Å². The third-order valence-electron chi connectivity index (χ3n) is 1.84. The molecule has 0 heterocycles. The molecule has 0 radical (unpaired) electrons. The fraction of sp³-hybridized carbons (Fsp3) is 0.333. The van der Waals surface area contributed by atoms with Gasteiger partial charge in [-0.1, -0.05) is 15.9 Å². The number of anilines is 2. The number of hydrogen-bond acceptors (Lipinski definition) is 3. The Labute approximate surface area is 86.3 Å². The topological polar surface area (TPSA) is 49.5 Å². The maximum absolute atomic E-state index is 8.76. The molecule has 0 aliphatic rings. The van der Waals surface area contributed by atoms with E-state index < -0.39 is 0 Å². The SMILES string of the molecule is CN(CCO)c1cc(Br)ccc1N. The van der Waals surface area contributed by atoms with Crippen LogP contribution in [0.3, 0.4) is 0 Å². The second-order valence-electron chi connectivity index (χ2n) is 2.85. The molecule has 0 aromatic heterocycles. The Kier molecular flexibility index (Phi) is 3.57. The van der Waals surface area contributed by atoms with Crippen LogP contribution >= 0.6 is 15.9 Å². The van der Waals surface area contributed by atoms with Gasteiger partial charge in [-0.25, -0.2) is 0 Å². The van der Waals surface area contributed by atoms with Crippen LogP contribution < -0.4 is 10.6 Å². The molecule has 4 heteroatoms. The first-order valence-corrected chi connectivity index (χ1v) is 4.81. The largest absolute Gasteiger partial charge is 0.397 e. The lowest BCUT2D eigenvalue weighted by atomic mass is 10.2. The van der Waals surface area contributed by atoms with E-state index in [0.717, 1.165) is 15.8 Å². The van der Waals surface area contributed by atoms with Crippen molar-refractivity contribution in [2.24, 2.45) is 0 Å². The molecule has 72 valence electrons. The van der Waals surface area contributed by atoms with Crippen LogP contribution in [0.4, 0.5) is 11.4 Å². The standard InChI is InChI=1S/C9H13BrN2O/c1-12(4-5-13)9-6-7(10)2-3-8(9)11/h2-3,6,13H,4-5,11H2,1H3. The maximum atomic E-state index is 8.76. The van der Waals surface area contributed by atoms with Gasteiger partial charge in [0.1, 0.15) is 0 Å². The van der Waals surface area contributed by atoms with Crippen molar-refractivity contribution in [1.82, 2.24) is 0 Å². The summed E-state index contributed by atoms with van der Waals surface area (Å²) in [6, 6.07) is 5.67. The Morgan fingerprint density at radius 3 is 2.85 bits per heavy atom. The molecule has 3 nitrogen and oxygen atoms in total. The van der Waals surface area contributed by atoms with Crippen molar-refractivity contribution in [2.45, 2.75) is 0 Å². The Balaban J connectivity index is 2.91. The third kappa shape index (κ3) is 2.60. The van der Waals surface area contributed by atoms with Gasteiger partial charge >= 0.3 is 0 Å². The van der Waals surface area contributed by atoms with Crippen LogP contribution in [-0.2, 0) is 0 Å². The average molecular weight is 245 g/mol. The summed E-state index contributed by atoms with van der Waals surface area (Å²) in [4.78, 5) is 1.92. The molecule has 0 unspecified atom stereocenters. The summed E-state index contributed by atoms with van der Waals surface area (Å²) < 4.78 is 0.987. The quantitative estimate of drug-likeness (QED) is 0.792. The van der Waals surface area contributed by atoms with Crippen LogP contribution in [0, 0.1) is 0 Å². The van der Waals surface area contributed by atoms with Gasteiger partial charge < -0.3 is 15.7 Å². The summed E-state index contributed by atoms with van der Waals surface area (Å²) in [6.45, 7) is 0.711. The number of rotatable bonds is 3. The summed E-state index contributed by atoms with van der Waals surface area (Å²) in [5.41, 5.74) is 7.43. The van der Waals surface area contributed by atoms with Crippen molar-refractivity contribution in [1.29, 1.82) is 0 Å². The first-order chi connectivity index (χ1) is 6.15. The summed E-state index contributed by atoms with van der Waals surface area (Å²) in [6.07, 6.45) is 0. The van der Waals surface area contributed by atoms with Crippen LogP contribution in [0.5, 0.6) is 0 Å². The zero-order chi connectivity index (χ0) is 9.84. The second kappa shape index (κ2) is 4.48. The van der Waals surface area contributed by atoms with Gasteiger partial charge in [-0.3, -0.25) is 0 Å². The highest BCUT2D eigenvalue weighted by molar-refractivity contribution is 9.10. The number of aliphatic hydroxyl groups is 1. The van der Waals surface area contributed by atoms with E-state index >= 15 is 0 Å². The molecular weight excluding hydrogens is 232 g/mol. The van der Waals surface area contributed by atoms with Gasteiger partial charge in [0.25, 0.3) is 0 Å². The van der Waals surface area contributed by atoms with Gasteiger partial charge in [0.05, 0.1) is 18.0 Å². The second-order valence-corrected chi connectivity index (χ2v) is 3.76. The van der Waals surface area contributed by atoms with E-state index in [0.29, 0.717) is 6.54 Å². The van der Waals surface area contributed by atoms with Crippen molar-refractivity contribution in [3.63, 3.8) is 0 Å². The van der Waals surface area contributed by atoms with Gasteiger partial charge in [-0.05, 0) is 18.2 Å². The lowest BCUT2D eigenvalue weighted by molar-refractivity contribution is 0.304. The molecule has 1 aromatic carbocycles. The highest BCUT2D eigenvalue weighted by Gasteiger charge is 2.04. The lowest BCUT2D eigenvalue weighted by Crippen LogP contribution is -2.22. The molecule has 0 spiro atoms. The smallest absolute Gasteiger partial charge is 0.0609 e. The van der Waals surface area contributed by atoms with Crippen molar-refractivity contribution in [2.75, 3.05) is 30.8 Å². The van der Waals surface area contributed by atoms with E-state index in [9.17, 15) is 0 Å². The van der Waals surface area contributed by atoms with Crippen LogP contribution in [0.25, 0.3) is 0 Å². The normalized spacial score (nSPS) is 10.1. The Bertz CT molecular complexity index is 291. The predicted molar refractivity (Wildman–Crippen MR) is 58.9 cm³/mol. The van der Waals surface area contributed by atoms with Gasteiger partial charge in [0.15, 0.2) is 0 Å². The highest BCUT2D eigenvalue weighted by atomic mass is 79.9. The highest BCUT2D eigenvalue weighted by Crippen LogP contribution is 2.25. The number of nitrogens with two attached hydrogens (primary N) is 1. The summed E-state index contributed by atoms with van der Waals surface area (Å²) in [5, 5.41) is 8.76. The molecular formula is C9H13BrN2O. The minimum atomic E-state index is 0.127. The van der Waals surface area contributed by atoms with Crippen molar-refractivity contribution < 1.29 is 5.11 Å². The van der Waals surface area contributed by atoms with E-state index in [-0.39, 0.29) is 6.61 Å². The van der Waals surface area contributed by atoms with Gasteiger partial charge in [-0.2, -0.15) is 0 Å². The first-order valence-electron chi connectivity index (χ1n) is 4.02. The molecule has 3 N–H and O–H groups in total. The number of aliphatic hydroxyl groups excluding tert-OH is 1. The van der Waals surface area contributed by atoms with E-state index in [1.807, 2.05) is 30.1 Å². The average Bonchev–Trinajstić information content (AvgIpc) is 2.09. The fourth-order valence-corrected chi connectivity index (χ4v) is 1.47. The number of benzene rings is 1. The molecule has 0 saturated carbocycles. The first kappa shape index (κ1) is 10.3. The summed E-state index contributed by atoms with van der Waals surface area (Å²) in [5.74, 6) is 0. The van der Waals surface area contributed by atoms with Crippen LogP contribution in [0.1, 0.15) is 0 Å². The monoisotopic (exact) mass is 244 g/mol. The molecule has 1 aromatic rings. The van der Waals surface area contributed by atoms with Crippen LogP contribution in [0.15, 0.2) is 22.7 Å². The molecule has 0 amide bonds.